The minimum Gasteiger partial charge on any atom is -0.370 e. The molecule has 0 unspecified atom stereocenters. The smallest absolute Gasteiger partial charge is 0.251 e. The first-order valence-corrected chi connectivity index (χ1v) is 27.2. The quantitative estimate of drug-likeness (QED) is 0.0167. The average Bonchev–Trinajstić information content (AvgIpc) is 3.29. The van der Waals surface area contributed by atoms with Crippen LogP contribution in [-0.2, 0) is 38.4 Å². The molecule has 0 aliphatic carbocycles. The maximum absolute atomic E-state index is 14.5. The Kier molecular flexibility index (Phi) is 32.5. The van der Waals surface area contributed by atoms with Gasteiger partial charge >= 0.3 is 0 Å². The summed E-state index contributed by atoms with van der Waals surface area (Å²) in [7, 11) is 0. The van der Waals surface area contributed by atoms with Gasteiger partial charge in [-0.2, -0.15) is 0 Å². The van der Waals surface area contributed by atoms with Crippen molar-refractivity contribution in [3.63, 3.8) is 0 Å². The fraction of sp³-hybridized carbons (Fsp3) is 0.553. The zero-order valence-corrected chi connectivity index (χ0v) is 47.4. The first-order valence-electron chi connectivity index (χ1n) is 27.2. The van der Waals surface area contributed by atoms with Crippen molar-refractivity contribution in [2.45, 2.75) is 113 Å². The predicted octanol–water partition coefficient (Wildman–Crippen LogP) is -9.22. The van der Waals surface area contributed by atoms with E-state index in [0.29, 0.717) is 11.0 Å². The van der Waals surface area contributed by atoms with Gasteiger partial charge < -0.3 is 115 Å². The molecule has 86 heavy (non-hydrogen) atoms. The monoisotopic (exact) mass is 1210 g/mol. The van der Waals surface area contributed by atoms with Crippen LogP contribution in [0.1, 0.15) is 87.4 Å². The number of guanidine groups is 6. The summed E-state index contributed by atoms with van der Waals surface area (Å²) in [5.41, 5.74) is 39.4. The van der Waals surface area contributed by atoms with Crippen LogP contribution in [0.5, 0.6) is 0 Å². The number of primary amides is 1. The molecule has 39 heteroatoms. The molecule has 2 aromatic rings. The third-order valence-corrected chi connectivity index (χ3v) is 12.2. The number of benzene rings is 1. The molecule has 2 rings (SSSR count). The first-order chi connectivity index (χ1) is 40.7. The summed E-state index contributed by atoms with van der Waals surface area (Å²) < 4.78 is 0. The Morgan fingerprint density at radius 3 is 1.02 bits per heavy atom. The highest BCUT2D eigenvalue weighted by Gasteiger charge is 2.33. The highest BCUT2D eigenvalue weighted by atomic mass is 16.2. The molecule has 1 aromatic heterocycles. The van der Waals surface area contributed by atoms with Crippen molar-refractivity contribution in [1.82, 2.24) is 89.8 Å². The Morgan fingerprint density at radius 2 is 0.698 bits per heavy atom. The van der Waals surface area contributed by atoms with Crippen LogP contribution in [0.4, 0.5) is 0 Å². The van der Waals surface area contributed by atoms with E-state index in [2.05, 4.69) is 89.8 Å². The Morgan fingerprint density at radius 1 is 0.395 bits per heavy atom. The van der Waals surface area contributed by atoms with Crippen molar-refractivity contribution in [2.75, 3.05) is 52.4 Å². The van der Waals surface area contributed by atoms with E-state index in [0.717, 1.165) is 0 Å². The lowest BCUT2D eigenvalue weighted by molar-refractivity contribution is -0.135. The van der Waals surface area contributed by atoms with Crippen molar-refractivity contribution >= 4 is 100.0 Å². The number of H-pyrrole nitrogens is 1. The lowest BCUT2D eigenvalue weighted by atomic mass is 10.0. The van der Waals surface area contributed by atoms with Crippen LogP contribution < -0.4 is 115 Å². The summed E-state index contributed by atoms with van der Waals surface area (Å²) in [5.74, 6) is -9.96. The largest absolute Gasteiger partial charge is 0.370 e. The van der Waals surface area contributed by atoms with E-state index in [9.17, 15) is 43.2 Å². The molecule has 6 atom stereocenters. The van der Waals surface area contributed by atoms with Gasteiger partial charge in [0, 0.05) is 44.8 Å². The first kappa shape index (κ1) is 71.6. The van der Waals surface area contributed by atoms with E-state index in [-0.39, 0.29) is 140 Å². The number of aromatic amines is 1. The summed E-state index contributed by atoms with van der Waals surface area (Å²) in [6, 6.07) is -3.95. The molecule has 0 saturated carbocycles. The van der Waals surface area contributed by atoms with Crippen LogP contribution in [0.25, 0.3) is 11.0 Å². The zero-order chi connectivity index (χ0) is 64.1. The maximum atomic E-state index is 14.5. The van der Waals surface area contributed by atoms with Gasteiger partial charge in [0.25, 0.3) is 5.91 Å². The molecule has 1 aromatic carbocycles. The summed E-state index contributed by atoms with van der Waals surface area (Å²) in [6.07, 6.45) is 0.0703. The number of nitrogens with two attached hydrogens (primary N) is 7. The number of nitrogens with one attached hydrogen (secondary N) is 21. The molecule has 39 nitrogen and oxygen atoms in total. The van der Waals surface area contributed by atoms with Gasteiger partial charge in [-0.15, -0.1) is 5.10 Å². The molecule has 476 valence electrons. The summed E-state index contributed by atoms with van der Waals surface area (Å²) in [5, 5.41) is 91.1. The molecule has 35 N–H and O–H groups in total. The van der Waals surface area contributed by atoms with Crippen molar-refractivity contribution in [2.24, 2.45) is 40.1 Å². The lowest BCUT2D eigenvalue weighted by Gasteiger charge is -2.28. The van der Waals surface area contributed by atoms with Gasteiger partial charge in [0.2, 0.25) is 47.3 Å². The lowest BCUT2D eigenvalue weighted by Crippen LogP contribution is -2.60. The van der Waals surface area contributed by atoms with Gasteiger partial charge in [-0.1, -0.05) is 5.21 Å². The van der Waals surface area contributed by atoms with Crippen LogP contribution >= 0.6 is 0 Å². The number of hydrogen-bond acceptors (Lipinski definition) is 17. The molecular weight excluding hydrogens is 1130 g/mol. The van der Waals surface area contributed by atoms with Crippen molar-refractivity contribution < 1.29 is 43.2 Å². The Labute approximate surface area is 493 Å². The number of amides is 9. The topological polar surface area (TPSA) is 689 Å². The van der Waals surface area contributed by atoms with Gasteiger partial charge in [-0.25, -0.2) is 0 Å². The third kappa shape index (κ3) is 30.5. The molecule has 0 bridgehead atoms. The molecule has 1 heterocycles. The van der Waals surface area contributed by atoms with Crippen LogP contribution in [0.15, 0.2) is 18.2 Å². The van der Waals surface area contributed by atoms with E-state index < -0.39 is 120 Å². The average molecular weight is 1210 g/mol. The number of nitrogens with zero attached hydrogens (tertiary/aromatic N) is 2. The van der Waals surface area contributed by atoms with Gasteiger partial charge in [0.15, 0.2) is 35.8 Å². The van der Waals surface area contributed by atoms with E-state index in [4.69, 9.17) is 72.6 Å². The van der Waals surface area contributed by atoms with Gasteiger partial charge in [0.1, 0.15) is 41.8 Å². The maximum Gasteiger partial charge on any atom is 0.251 e. The van der Waals surface area contributed by atoms with Crippen molar-refractivity contribution in [1.29, 1.82) is 32.5 Å². The molecule has 9 amide bonds. The molecule has 0 radical (unpaired) electrons. The zero-order valence-electron chi connectivity index (χ0n) is 47.4. The molecule has 0 aliphatic heterocycles. The van der Waals surface area contributed by atoms with E-state index >= 15 is 0 Å². The molecule has 0 spiro atoms. The second-order valence-electron chi connectivity index (χ2n) is 19.2. The highest BCUT2D eigenvalue weighted by molar-refractivity contribution is 6.00. The Hall–Kier alpha value is -10.5. The number of hydrogen-bond donors (Lipinski definition) is 28. The third-order valence-electron chi connectivity index (χ3n) is 12.2. The molecule has 0 fully saturated rings. The van der Waals surface area contributed by atoms with E-state index in [1.165, 1.54) is 12.1 Å². The minimum absolute atomic E-state index is 0.0130. The van der Waals surface area contributed by atoms with Gasteiger partial charge in [-0.05, 0) is 95.2 Å². The fourth-order valence-corrected chi connectivity index (χ4v) is 7.90. The van der Waals surface area contributed by atoms with Crippen molar-refractivity contribution in [3.05, 3.63) is 23.8 Å². The van der Waals surface area contributed by atoms with E-state index in [1.807, 2.05) is 0 Å². The van der Waals surface area contributed by atoms with E-state index in [1.54, 1.807) is 6.07 Å². The molecule has 0 aliphatic rings. The number of rotatable bonds is 41. The summed E-state index contributed by atoms with van der Waals surface area (Å²) in [6.45, 7) is -0.785. The van der Waals surface area contributed by atoms with Crippen LogP contribution in [0, 0.1) is 32.5 Å². The van der Waals surface area contributed by atoms with Crippen LogP contribution in [-0.4, -0.2) is 193 Å². The van der Waals surface area contributed by atoms with Crippen LogP contribution in [0.2, 0.25) is 0 Å². The van der Waals surface area contributed by atoms with Gasteiger partial charge in [-0.3, -0.25) is 80.7 Å². The second-order valence-corrected chi connectivity index (χ2v) is 19.2. The number of carbonyl (C=O) groups is 9. The minimum atomic E-state index is -1.50. The highest BCUT2D eigenvalue weighted by Crippen LogP contribution is 2.11. The normalized spacial score (nSPS) is 12.7. The fourth-order valence-electron chi connectivity index (χ4n) is 7.90. The number of aromatic nitrogens is 3. The SMILES string of the molecule is N=C(N)NCCC[C@H](NC(=O)[C@H](CCCNC(=N)N)NC(=O)[C@H](CCCNC(=N)N)NC(=O)[C@H](CCCNC(=N)N)NC(=O)[C@H](CCCNC(=N)N)NC(=O)[C@H](CCCNC(=N)N)NC(=O)CNC(=O)CNC(=O)c1ccc2[nH]nnc2c1)C(N)=O. The van der Waals surface area contributed by atoms with Crippen LogP contribution in [0.3, 0.4) is 0 Å². The standard InChI is InChI=1S/C47H84N30O9/c48-35(80)26(7-1-15-61-42(49)50)70-38(83)28(9-3-17-63-44(53)54)72-40(85)30(11-5-19-65-46(57)58)74-41(86)31(12-6-20-66-47(59)60)73-39(84)29(10-4-18-64-45(55)56)71-37(82)27(8-2-16-62-43(51)52)69-34(79)23-67-33(78)22-68-36(81)24-13-14-25-32(21-24)76-77-75-25/h13-14,21,26-31H,1-12,15-20,22-23H2,(H2,48,80)(H,67,78)(H,68,81)(H,69,79)(H,70,83)(H,71,82)(H,72,85)(H,73,84)(H,74,86)(H4,49,50,61)(H4,51,52,62)(H4,53,54,63)(H4,55,56,64)(H4,57,58,65)(H4,59,60,66)(H,75,76,77)/t26-,27-,28-,29-,30-,31-/m0/s1. The summed E-state index contributed by atoms with van der Waals surface area (Å²) in [4.78, 5) is 123. The van der Waals surface area contributed by atoms with Crippen molar-refractivity contribution in [3.8, 4) is 0 Å². The second kappa shape index (κ2) is 39.0. The Balaban J connectivity index is 2.45. The Bertz CT molecular complexity index is 2690. The number of fused-ring (bicyclic) bond motifs is 1. The molecule has 0 saturated heterocycles. The van der Waals surface area contributed by atoms with Gasteiger partial charge in [0.05, 0.1) is 18.6 Å². The number of carbonyl (C=O) groups excluding carboxylic acids is 9. The summed E-state index contributed by atoms with van der Waals surface area (Å²) >= 11 is 0. The molecular formula is C47H84N30O9. The predicted molar refractivity (Wildman–Crippen MR) is 315 cm³/mol.